The third-order valence-electron chi connectivity index (χ3n) is 3.99. The summed E-state index contributed by atoms with van der Waals surface area (Å²) in [5.74, 6) is 1.31. The highest BCUT2D eigenvalue weighted by Gasteiger charge is 2.19. The smallest absolute Gasteiger partial charge is 0.129 e. The molecule has 3 heterocycles. The molecule has 0 spiro atoms. The fourth-order valence-electron chi connectivity index (χ4n) is 2.81. The van der Waals surface area contributed by atoms with Gasteiger partial charge >= 0.3 is 0 Å². The van der Waals surface area contributed by atoms with Gasteiger partial charge in [0, 0.05) is 37.4 Å². The fraction of sp³-hybridized carbons (Fsp3) is 0.562. The van der Waals surface area contributed by atoms with Crippen molar-refractivity contribution >= 4 is 5.82 Å². The second-order valence-electron chi connectivity index (χ2n) is 5.82. The number of nitrogens with zero attached hydrogens (tertiary/aromatic N) is 4. The van der Waals surface area contributed by atoms with Gasteiger partial charge in [0.15, 0.2) is 0 Å². The van der Waals surface area contributed by atoms with Crippen LogP contribution in [0.5, 0.6) is 0 Å². The minimum absolute atomic E-state index is 0.415. The molecule has 1 saturated heterocycles. The number of aryl methyl sites for hydroxylation is 3. The van der Waals surface area contributed by atoms with Gasteiger partial charge < -0.3 is 10.1 Å². The average molecular weight is 301 g/mol. The van der Waals surface area contributed by atoms with Gasteiger partial charge in [-0.3, -0.25) is 4.68 Å². The van der Waals surface area contributed by atoms with Crippen LogP contribution in [0.1, 0.15) is 35.8 Å². The van der Waals surface area contributed by atoms with E-state index in [1.165, 1.54) is 5.69 Å². The van der Waals surface area contributed by atoms with Crippen molar-refractivity contribution in [1.82, 2.24) is 19.7 Å². The molecule has 0 amide bonds. The Morgan fingerprint density at radius 1 is 1.32 bits per heavy atom. The van der Waals surface area contributed by atoms with Crippen LogP contribution < -0.4 is 5.32 Å². The van der Waals surface area contributed by atoms with Gasteiger partial charge in [0.1, 0.15) is 12.1 Å². The Morgan fingerprint density at radius 3 is 2.95 bits per heavy atom. The van der Waals surface area contributed by atoms with Gasteiger partial charge in [0.25, 0.3) is 0 Å². The predicted octanol–water partition coefficient (Wildman–Crippen LogP) is 2.30. The molecule has 1 aliphatic rings. The first-order valence-corrected chi connectivity index (χ1v) is 7.87. The van der Waals surface area contributed by atoms with Crippen LogP contribution in [0.3, 0.4) is 0 Å². The molecule has 0 saturated carbocycles. The van der Waals surface area contributed by atoms with Crippen molar-refractivity contribution in [1.29, 1.82) is 0 Å². The van der Waals surface area contributed by atoms with E-state index in [0.717, 1.165) is 56.4 Å². The molecule has 6 nitrogen and oxygen atoms in total. The van der Waals surface area contributed by atoms with E-state index >= 15 is 0 Å². The van der Waals surface area contributed by atoms with Crippen LogP contribution in [0.15, 0.2) is 18.5 Å². The summed E-state index contributed by atoms with van der Waals surface area (Å²) in [5, 5.41) is 7.84. The normalized spacial score (nSPS) is 17.8. The third kappa shape index (κ3) is 3.62. The molecule has 1 aliphatic heterocycles. The molecule has 0 aromatic carbocycles. The Hall–Kier alpha value is -1.95. The molecule has 0 aliphatic carbocycles. The van der Waals surface area contributed by atoms with Crippen molar-refractivity contribution in [3.8, 4) is 0 Å². The molecule has 1 fully saturated rings. The Bertz CT molecular complexity index is 619. The topological polar surface area (TPSA) is 64.9 Å². The Morgan fingerprint density at radius 2 is 2.23 bits per heavy atom. The van der Waals surface area contributed by atoms with Gasteiger partial charge in [-0.2, -0.15) is 5.10 Å². The van der Waals surface area contributed by atoms with Crippen molar-refractivity contribution in [3.05, 3.63) is 35.5 Å². The molecule has 0 unspecified atom stereocenters. The lowest BCUT2D eigenvalue weighted by molar-refractivity contribution is 0.193. The summed E-state index contributed by atoms with van der Waals surface area (Å²) in [7, 11) is 0. The van der Waals surface area contributed by atoms with Crippen molar-refractivity contribution in [2.45, 2.75) is 39.2 Å². The molecule has 0 bridgehead atoms. The van der Waals surface area contributed by atoms with Crippen LogP contribution in [0.25, 0.3) is 0 Å². The summed E-state index contributed by atoms with van der Waals surface area (Å²) < 4.78 is 7.48. The SMILES string of the molecule is Cc1cc(C)n(CCCNc2cc([C@@H]3CCOC3)ncn2)n1. The zero-order valence-corrected chi connectivity index (χ0v) is 13.2. The van der Waals surface area contributed by atoms with E-state index in [2.05, 4.69) is 38.1 Å². The van der Waals surface area contributed by atoms with Crippen LogP contribution in [0.2, 0.25) is 0 Å². The van der Waals surface area contributed by atoms with Gasteiger partial charge in [-0.15, -0.1) is 0 Å². The first-order chi connectivity index (χ1) is 10.7. The summed E-state index contributed by atoms with van der Waals surface area (Å²) in [6.07, 6.45) is 3.69. The van der Waals surface area contributed by atoms with Gasteiger partial charge in [-0.05, 0) is 32.8 Å². The van der Waals surface area contributed by atoms with E-state index in [-0.39, 0.29) is 0 Å². The molecule has 0 radical (unpaired) electrons. The predicted molar refractivity (Wildman–Crippen MR) is 85.0 cm³/mol. The molecule has 2 aromatic heterocycles. The third-order valence-corrected chi connectivity index (χ3v) is 3.99. The summed E-state index contributed by atoms with van der Waals surface area (Å²) in [5.41, 5.74) is 3.36. The lowest BCUT2D eigenvalue weighted by Gasteiger charge is -2.10. The van der Waals surface area contributed by atoms with E-state index in [4.69, 9.17) is 4.74 Å². The molecular weight excluding hydrogens is 278 g/mol. The molecule has 3 rings (SSSR count). The van der Waals surface area contributed by atoms with Crippen molar-refractivity contribution in [2.75, 3.05) is 25.1 Å². The van der Waals surface area contributed by atoms with E-state index in [1.54, 1.807) is 6.33 Å². The zero-order valence-electron chi connectivity index (χ0n) is 13.2. The monoisotopic (exact) mass is 301 g/mol. The Kier molecular flexibility index (Phi) is 4.68. The van der Waals surface area contributed by atoms with Crippen LogP contribution in [0, 0.1) is 13.8 Å². The minimum atomic E-state index is 0.415. The quantitative estimate of drug-likeness (QED) is 0.829. The highest BCUT2D eigenvalue weighted by Crippen LogP contribution is 2.24. The van der Waals surface area contributed by atoms with Crippen molar-refractivity contribution in [2.24, 2.45) is 0 Å². The summed E-state index contributed by atoms with van der Waals surface area (Å²) in [4.78, 5) is 8.66. The number of hydrogen-bond acceptors (Lipinski definition) is 5. The highest BCUT2D eigenvalue weighted by molar-refractivity contribution is 5.35. The number of ether oxygens (including phenoxy) is 1. The van der Waals surface area contributed by atoms with E-state index in [9.17, 15) is 0 Å². The minimum Gasteiger partial charge on any atom is -0.381 e. The number of anilines is 1. The molecule has 2 aromatic rings. The zero-order chi connectivity index (χ0) is 15.4. The van der Waals surface area contributed by atoms with Gasteiger partial charge in [0.05, 0.1) is 18.0 Å². The molecule has 1 atom stereocenters. The molecule has 22 heavy (non-hydrogen) atoms. The molecule has 118 valence electrons. The fourth-order valence-corrected chi connectivity index (χ4v) is 2.81. The number of hydrogen-bond donors (Lipinski definition) is 1. The summed E-state index contributed by atoms with van der Waals surface area (Å²) in [6.45, 7) is 7.51. The summed E-state index contributed by atoms with van der Waals surface area (Å²) >= 11 is 0. The largest absolute Gasteiger partial charge is 0.381 e. The van der Waals surface area contributed by atoms with E-state index in [1.807, 2.05) is 13.0 Å². The maximum absolute atomic E-state index is 5.42. The Balaban J connectivity index is 1.49. The Labute approximate surface area is 130 Å². The standard InChI is InChI=1S/C16H23N5O/c1-12-8-13(2)21(20-12)6-3-5-17-16-9-15(18-11-19-16)14-4-7-22-10-14/h8-9,11,14H,3-7,10H2,1-2H3,(H,17,18,19)/t14-/m1/s1. The van der Waals surface area contributed by atoms with Gasteiger partial charge in [-0.25, -0.2) is 9.97 Å². The van der Waals surface area contributed by atoms with Gasteiger partial charge in [-0.1, -0.05) is 0 Å². The maximum atomic E-state index is 5.42. The second-order valence-corrected chi connectivity index (χ2v) is 5.82. The van der Waals surface area contributed by atoms with Crippen LogP contribution in [0.4, 0.5) is 5.82 Å². The van der Waals surface area contributed by atoms with Crippen LogP contribution in [-0.2, 0) is 11.3 Å². The summed E-state index contributed by atoms with van der Waals surface area (Å²) in [6, 6.07) is 4.15. The lowest BCUT2D eigenvalue weighted by atomic mass is 10.1. The average Bonchev–Trinajstić information content (AvgIpc) is 3.14. The van der Waals surface area contributed by atoms with E-state index < -0.39 is 0 Å². The first kappa shape index (κ1) is 15.0. The molecule has 6 heteroatoms. The van der Waals surface area contributed by atoms with Crippen molar-refractivity contribution < 1.29 is 4.74 Å². The van der Waals surface area contributed by atoms with Crippen LogP contribution in [-0.4, -0.2) is 39.5 Å². The number of rotatable bonds is 6. The molecule has 1 N–H and O–H groups in total. The van der Waals surface area contributed by atoms with Gasteiger partial charge in [0.2, 0.25) is 0 Å². The highest BCUT2D eigenvalue weighted by atomic mass is 16.5. The number of aromatic nitrogens is 4. The number of nitrogens with one attached hydrogen (secondary N) is 1. The van der Waals surface area contributed by atoms with Crippen molar-refractivity contribution in [3.63, 3.8) is 0 Å². The van der Waals surface area contributed by atoms with E-state index in [0.29, 0.717) is 5.92 Å². The van der Waals surface area contributed by atoms with Crippen LogP contribution >= 0.6 is 0 Å². The second kappa shape index (κ2) is 6.87. The first-order valence-electron chi connectivity index (χ1n) is 7.87. The molecular formula is C16H23N5O. The maximum Gasteiger partial charge on any atom is 0.129 e. The lowest BCUT2D eigenvalue weighted by Crippen LogP contribution is -2.10.